The molecule has 0 spiro atoms. The quantitative estimate of drug-likeness (QED) is 0.0730. The summed E-state index contributed by atoms with van der Waals surface area (Å²) in [5.41, 5.74) is 20.5. The Bertz CT molecular complexity index is 3120. The molecule has 10 N–H and O–H groups in total. The maximum Gasteiger partial charge on any atom is 0.334 e. The zero-order valence-electron chi connectivity index (χ0n) is 40.1. The van der Waals surface area contributed by atoms with Crippen LogP contribution in [0.3, 0.4) is 0 Å². The first-order valence-corrected chi connectivity index (χ1v) is 24.3. The summed E-state index contributed by atoms with van der Waals surface area (Å²) in [7, 11) is 3.38. The number of hydrogen-bond donors (Lipinski definition) is 8. The lowest BCUT2D eigenvalue weighted by atomic mass is 9.96. The molecule has 0 bridgehead atoms. The highest BCUT2D eigenvalue weighted by Gasteiger charge is 2.33. The summed E-state index contributed by atoms with van der Waals surface area (Å²) in [4.78, 5) is 81.0. The number of fused-ring (bicyclic) bond motifs is 4. The lowest BCUT2D eigenvalue weighted by Gasteiger charge is -2.22. The van der Waals surface area contributed by atoms with Gasteiger partial charge >= 0.3 is 6.03 Å². The molecule has 0 radical (unpaired) electrons. The van der Waals surface area contributed by atoms with Crippen LogP contribution in [0.15, 0.2) is 97.6 Å². The van der Waals surface area contributed by atoms with Crippen molar-refractivity contribution in [2.24, 2.45) is 11.6 Å². The van der Waals surface area contributed by atoms with Crippen molar-refractivity contribution in [2.75, 3.05) is 38.0 Å². The second-order valence-corrected chi connectivity index (χ2v) is 18.5. The minimum Gasteiger partial charge on any atom is -0.344 e. The Morgan fingerprint density at radius 2 is 1.12 bits per heavy atom. The normalized spacial score (nSPS) is 18.3. The number of carbonyl (C=O) groups excluding carboxylic acids is 5. The van der Waals surface area contributed by atoms with E-state index in [1.807, 2.05) is 24.3 Å². The van der Waals surface area contributed by atoms with Gasteiger partial charge in [-0.2, -0.15) is 0 Å². The number of likely N-dealkylation sites (tertiary alicyclic amines) is 2. The lowest BCUT2D eigenvalue weighted by molar-refractivity contribution is -0.128. The van der Waals surface area contributed by atoms with Gasteiger partial charge in [-0.05, 0) is 103 Å². The molecule has 6 aromatic rings. The number of hydrazine groups is 2. The second kappa shape index (κ2) is 23.4. The molecular formula is C51H52Cl2F2N14O5. The fourth-order valence-corrected chi connectivity index (χ4v) is 9.52. The largest absolute Gasteiger partial charge is 0.344 e. The Hall–Kier alpha value is -7.85. The van der Waals surface area contributed by atoms with E-state index in [2.05, 4.69) is 52.2 Å². The molecule has 10 rings (SSSR count). The summed E-state index contributed by atoms with van der Waals surface area (Å²) in [6, 6.07) is 17.7. The van der Waals surface area contributed by atoms with E-state index in [9.17, 15) is 32.8 Å². The third-order valence-corrected chi connectivity index (χ3v) is 13.6. The zero-order chi connectivity index (χ0) is 52.6. The Morgan fingerprint density at radius 3 is 1.64 bits per heavy atom. The van der Waals surface area contributed by atoms with Gasteiger partial charge in [-0.3, -0.25) is 40.0 Å². The van der Waals surface area contributed by atoms with Crippen LogP contribution in [0.25, 0.3) is 0 Å². The van der Waals surface area contributed by atoms with Crippen molar-refractivity contribution in [1.82, 2.24) is 51.1 Å². The molecule has 2 aliphatic heterocycles. The number of urea groups is 1. The van der Waals surface area contributed by atoms with Crippen LogP contribution in [-0.4, -0.2) is 98.7 Å². The van der Waals surface area contributed by atoms with E-state index >= 15 is 0 Å². The van der Waals surface area contributed by atoms with Crippen molar-refractivity contribution >= 4 is 64.5 Å². The van der Waals surface area contributed by atoms with Gasteiger partial charge < -0.3 is 36.9 Å². The smallest absolute Gasteiger partial charge is 0.334 e. The summed E-state index contributed by atoms with van der Waals surface area (Å²) in [6.45, 7) is 1.21. The number of nitrogens with zero attached hydrogens (tertiary/aromatic N) is 6. The number of hydrogen-bond acceptors (Lipinski definition) is 13. The number of rotatable bonds is 8. The van der Waals surface area contributed by atoms with E-state index in [-0.39, 0.29) is 68.2 Å². The van der Waals surface area contributed by atoms with Gasteiger partial charge in [0.05, 0.1) is 33.3 Å². The molecule has 2 fully saturated rings. The van der Waals surface area contributed by atoms with Gasteiger partial charge in [0.1, 0.15) is 23.7 Å². The van der Waals surface area contributed by atoms with Crippen molar-refractivity contribution in [1.29, 1.82) is 0 Å². The maximum atomic E-state index is 14.6. The molecule has 384 valence electrons. The summed E-state index contributed by atoms with van der Waals surface area (Å²) in [5.74, 6) is 4.01. The van der Waals surface area contributed by atoms with Crippen LogP contribution >= 0.6 is 23.2 Å². The van der Waals surface area contributed by atoms with Crippen LogP contribution in [0.5, 0.6) is 0 Å². The SMILES string of the molecule is CN1CCC(NC(=O)c2cnc(NN)c(Cl)c2)C1=O.CN1CCC(NC(=O)c2cnc(NNC(=O)NC3c4cccnc4CCc4c(F)cccc43)c(Cl)c2)C1=O.NC1c2cccnc2CCc2c(F)cccc21. The molecule has 2 aromatic carbocycles. The van der Waals surface area contributed by atoms with Gasteiger partial charge in [-0.25, -0.2) is 29.4 Å². The molecule has 19 nitrogen and oxygen atoms in total. The molecule has 74 heavy (non-hydrogen) atoms. The van der Waals surface area contributed by atoms with Gasteiger partial charge in [0.25, 0.3) is 11.8 Å². The van der Waals surface area contributed by atoms with E-state index < -0.39 is 30.1 Å². The van der Waals surface area contributed by atoms with Crippen LogP contribution in [0.1, 0.15) is 90.4 Å². The number of aryl methyl sites for hydroxylation is 2. The number of nitrogen functional groups attached to an aromatic ring is 1. The first kappa shape index (κ1) is 52.5. The number of anilines is 2. The van der Waals surface area contributed by atoms with E-state index in [1.54, 1.807) is 60.6 Å². The predicted octanol–water partition coefficient (Wildman–Crippen LogP) is 5.09. The Labute approximate surface area is 434 Å². The molecule has 6 heterocycles. The number of pyridine rings is 4. The Balaban J connectivity index is 0.000000168. The van der Waals surface area contributed by atoms with Gasteiger partial charge in [0, 0.05) is 68.9 Å². The highest BCUT2D eigenvalue weighted by molar-refractivity contribution is 6.33. The molecule has 0 saturated carbocycles. The fourth-order valence-electron chi connectivity index (χ4n) is 9.08. The molecule has 23 heteroatoms. The minimum atomic E-state index is -0.624. The standard InChI is InChI=1S/C26H25ClFN7O3.C14H13FN2.C11H14ClN5O2/c1-35-11-9-21(25(35)37)31-24(36)14-12-18(27)23(30-13-14)33-34-26(38)32-22-16-4-2-6-19(28)15(16)7-8-20-17(22)5-3-10-29-20;15-12-5-1-3-10-9(12)6-7-13-11(14(10)16)4-2-8-17-13;1-17-3-2-8(11(17)19)15-10(18)6-4-7(12)9(16-13)14-5-6/h2-6,10,12-13,21-22H,7-9,11H2,1H3,(H,30,33)(H,31,36)(H2,32,34,38);1-5,8,14H,6-7,16H2;4-5,8H,2-3,13H2,1H3,(H,14,16)(H,15,18). The molecule has 4 atom stereocenters. The number of amides is 6. The summed E-state index contributed by atoms with van der Waals surface area (Å²) >= 11 is 12.2. The number of likely N-dealkylation sites (N-methyl/N-ethyl adjacent to an activating group) is 2. The monoisotopic (exact) mass is 1050 g/mol. The van der Waals surface area contributed by atoms with Crippen molar-refractivity contribution in [3.05, 3.63) is 175 Å². The Kier molecular flexibility index (Phi) is 16.6. The van der Waals surface area contributed by atoms with E-state index in [0.29, 0.717) is 56.3 Å². The van der Waals surface area contributed by atoms with Crippen LogP contribution in [0.4, 0.5) is 25.2 Å². The van der Waals surface area contributed by atoms with Gasteiger partial charge in [0.15, 0.2) is 11.6 Å². The number of aromatic nitrogens is 4. The van der Waals surface area contributed by atoms with Crippen LogP contribution in [0.2, 0.25) is 10.0 Å². The highest BCUT2D eigenvalue weighted by Crippen LogP contribution is 2.34. The van der Waals surface area contributed by atoms with Crippen LogP contribution < -0.4 is 43.8 Å². The van der Waals surface area contributed by atoms with E-state index in [4.69, 9.17) is 34.8 Å². The van der Waals surface area contributed by atoms with Gasteiger partial charge in [-0.15, -0.1) is 0 Å². The number of carbonyl (C=O) groups is 5. The molecule has 4 unspecified atom stereocenters. The summed E-state index contributed by atoms with van der Waals surface area (Å²) in [6.07, 6.45) is 9.63. The van der Waals surface area contributed by atoms with Gasteiger partial charge in [-0.1, -0.05) is 59.6 Å². The maximum absolute atomic E-state index is 14.6. The average Bonchev–Trinajstić information content (AvgIpc) is 3.76. The van der Waals surface area contributed by atoms with E-state index in [1.165, 1.54) is 36.7 Å². The second-order valence-electron chi connectivity index (χ2n) is 17.7. The highest BCUT2D eigenvalue weighted by atomic mass is 35.5. The lowest BCUT2D eigenvalue weighted by Crippen LogP contribution is -2.42. The summed E-state index contributed by atoms with van der Waals surface area (Å²) in [5, 5.41) is 8.55. The molecule has 4 aliphatic rings. The number of nitrogens with one attached hydrogen (secondary N) is 6. The topological polar surface area (TPSA) is 268 Å². The minimum absolute atomic E-state index is 0.0873. The van der Waals surface area contributed by atoms with Crippen molar-refractivity contribution < 1.29 is 32.8 Å². The van der Waals surface area contributed by atoms with Crippen molar-refractivity contribution in [2.45, 2.75) is 62.7 Å². The number of nitrogens with two attached hydrogens (primary N) is 2. The van der Waals surface area contributed by atoms with Gasteiger partial charge in [0.2, 0.25) is 11.8 Å². The van der Waals surface area contributed by atoms with E-state index in [0.717, 1.165) is 40.1 Å². The third kappa shape index (κ3) is 11.8. The Morgan fingerprint density at radius 1 is 0.635 bits per heavy atom. The molecule has 2 saturated heterocycles. The molecule has 2 aliphatic carbocycles. The zero-order valence-corrected chi connectivity index (χ0v) is 41.6. The molecule has 4 aromatic heterocycles. The number of benzene rings is 2. The average molecular weight is 1050 g/mol. The van der Waals surface area contributed by atoms with Crippen molar-refractivity contribution in [3.8, 4) is 0 Å². The van der Waals surface area contributed by atoms with Crippen LogP contribution in [-0.2, 0) is 35.3 Å². The fraction of sp³-hybridized carbons (Fsp3) is 0.275. The first-order chi connectivity index (χ1) is 35.6. The third-order valence-electron chi connectivity index (χ3n) is 13.1. The first-order valence-electron chi connectivity index (χ1n) is 23.5. The van der Waals surface area contributed by atoms with Crippen LogP contribution in [0, 0.1) is 11.6 Å². The van der Waals surface area contributed by atoms with Crippen molar-refractivity contribution in [3.63, 3.8) is 0 Å². The molecular weight excluding hydrogens is 998 g/mol. The predicted molar refractivity (Wildman–Crippen MR) is 273 cm³/mol. The molecule has 6 amide bonds. The number of halogens is 4. The summed E-state index contributed by atoms with van der Waals surface area (Å²) < 4.78 is 28.4.